The average molecular weight is 509 g/mol. The van der Waals surface area contributed by atoms with Crippen LogP contribution in [0.4, 0.5) is 16.2 Å². The van der Waals surface area contributed by atoms with Crippen LogP contribution in [0.15, 0.2) is 29.1 Å². The molecule has 0 saturated carbocycles. The first-order valence-electron chi connectivity index (χ1n) is 11.3. The second-order valence-corrected chi connectivity index (χ2v) is 9.87. The molecule has 1 aliphatic carbocycles. The summed E-state index contributed by atoms with van der Waals surface area (Å²) >= 11 is 6.37. The predicted molar refractivity (Wildman–Crippen MR) is 131 cm³/mol. The number of nitrogens with one attached hydrogen (secondary N) is 3. The van der Waals surface area contributed by atoms with Gasteiger partial charge in [0.25, 0.3) is 5.91 Å². The molecule has 184 valence electrons. The molecule has 6 rings (SSSR count). The van der Waals surface area contributed by atoms with Crippen LogP contribution >= 0.6 is 11.6 Å². The van der Waals surface area contributed by atoms with Gasteiger partial charge in [-0.3, -0.25) is 28.8 Å². The van der Waals surface area contributed by atoms with Gasteiger partial charge >= 0.3 is 11.7 Å². The van der Waals surface area contributed by atoms with Gasteiger partial charge in [0.1, 0.15) is 18.6 Å². The van der Waals surface area contributed by atoms with Crippen molar-refractivity contribution in [2.24, 2.45) is 0 Å². The molecule has 11 nitrogen and oxygen atoms in total. The predicted octanol–water partition coefficient (Wildman–Crippen LogP) is 1.37. The van der Waals surface area contributed by atoms with Crippen LogP contribution in [0.5, 0.6) is 0 Å². The quantitative estimate of drug-likeness (QED) is 0.459. The van der Waals surface area contributed by atoms with Crippen molar-refractivity contribution in [1.29, 1.82) is 0 Å². The highest BCUT2D eigenvalue weighted by molar-refractivity contribution is 6.36. The number of rotatable bonds is 3. The Bertz CT molecular complexity index is 1620. The van der Waals surface area contributed by atoms with Crippen LogP contribution in [-0.4, -0.2) is 50.4 Å². The average Bonchev–Trinajstić information content (AvgIpc) is 3.40. The number of carbonyl (C=O) groups is 4. The third-order valence-electron chi connectivity index (χ3n) is 7.33. The minimum absolute atomic E-state index is 0.159. The molecule has 1 aromatic heterocycles. The molecular formula is C24H21ClN6O5. The fourth-order valence-corrected chi connectivity index (χ4v) is 5.64. The minimum atomic E-state index is -0.953. The number of likely N-dealkylation sites (N-methyl/N-ethyl adjacent to an activating group) is 1. The number of amides is 5. The van der Waals surface area contributed by atoms with E-state index < -0.39 is 23.2 Å². The first kappa shape index (κ1) is 22.4. The Balaban J connectivity index is 1.28. The second-order valence-electron chi connectivity index (χ2n) is 9.49. The maximum Gasteiger partial charge on any atom is 0.330 e. The molecule has 36 heavy (non-hydrogen) atoms. The molecule has 12 heteroatoms. The molecule has 1 fully saturated rings. The van der Waals surface area contributed by atoms with Gasteiger partial charge in [-0.25, -0.2) is 9.59 Å². The van der Waals surface area contributed by atoms with Crippen molar-refractivity contribution in [3.05, 3.63) is 56.5 Å². The monoisotopic (exact) mass is 508 g/mol. The lowest BCUT2D eigenvalue weighted by Gasteiger charge is -2.27. The number of hydrogen-bond donors (Lipinski definition) is 3. The Morgan fingerprint density at radius 1 is 1.11 bits per heavy atom. The van der Waals surface area contributed by atoms with Gasteiger partial charge < -0.3 is 15.5 Å². The fraction of sp³-hybridized carbons (Fsp3) is 0.292. The van der Waals surface area contributed by atoms with E-state index in [0.29, 0.717) is 45.8 Å². The zero-order chi connectivity index (χ0) is 25.5. The van der Waals surface area contributed by atoms with Crippen molar-refractivity contribution >= 4 is 57.8 Å². The fourth-order valence-electron chi connectivity index (χ4n) is 5.44. The van der Waals surface area contributed by atoms with Crippen LogP contribution in [-0.2, 0) is 40.3 Å². The number of carbonyl (C=O) groups excluding carboxylic acids is 4. The normalized spacial score (nSPS) is 20.2. The molecule has 5 amide bonds. The summed E-state index contributed by atoms with van der Waals surface area (Å²) in [5.74, 6) is -1.12. The number of anilines is 2. The van der Waals surface area contributed by atoms with Crippen molar-refractivity contribution in [3.8, 4) is 0 Å². The third kappa shape index (κ3) is 3.02. The molecule has 1 atom stereocenters. The van der Waals surface area contributed by atoms with Crippen LogP contribution in [0.2, 0.25) is 5.02 Å². The van der Waals surface area contributed by atoms with Gasteiger partial charge in [-0.05, 0) is 41.8 Å². The SMILES string of the molecule is Cc1cc2c3c(c1Cl)NC(=O)Cn3c(=O)n2CC(=O)Nc1ccc2c(c1)CC1(C2)C(=O)NC(=O)N1C. The molecule has 2 aromatic carbocycles. The maximum absolute atomic E-state index is 13.1. The standard InChI is InChI=1S/C24H21ClN6O5/c1-11-5-15-20-19(18(11)25)27-17(33)10-31(20)23(36)30(15)9-16(32)26-14-4-3-12-7-24(8-13(12)6-14)21(34)28-22(35)29(24)2/h3-6H,7-10H2,1-2H3,(H,26,32)(H,27,33)(H,28,34,35). The van der Waals surface area contributed by atoms with Crippen molar-refractivity contribution in [2.75, 3.05) is 17.7 Å². The number of halogens is 1. The van der Waals surface area contributed by atoms with Crippen LogP contribution < -0.4 is 21.6 Å². The van der Waals surface area contributed by atoms with Crippen LogP contribution in [0, 0.1) is 6.92 Å². The zero-order valence-corrected chi connectivity index (χ0v) is 20.2. The number of aryl methyl sites for hydroxylation is 1. The third-order valence-corrected chi connectivity index (χ3v) is 7.82. The second kappa shape index (κ2) is 7.44. The van der Waals surface area contributed by atoms with Gasteiger partial charge in [-0.1, -0.05) is 17.7 Å². The topological polar surface area (TPSA) is 135 Å². The number of hydrogen-bond acceptors (Lipinski definition) is 5. The molecule has 1 unspecified atom stereocenters. The molecule has 1 spiro atoms. The highest BCUT2D eigenvalue weighted by Crippen LogP contribution is 2.38. The molecule has 1 saturated heterocycles. The first-order valence-corrected chi connectivity index (χ1v) is 11.7. The summed E-state index contributed by atoms with van der Waals surface area (Å²) in [7, 11) is 1.60. The Hall–Kier alpha value is -4.12. The van der Waals surface area contributed by atoms with E-state index in [9.17, 15) is 24.0 Å². The van der Waals surface area contributed by atoms with Gasteiger partial charge in [0.2, 0.25) is 11.8 Å². The smallest absolute Gasteiger partial charge is 0.325 e. The van der Waals surface area contributed by atoms with Gasteiger partial charge in [0.05, 0.1) is 21.7 Å². The van der Waals surface area contributed by atoms with Crippen LogP contribution in [0.25, 0.3) is 11.0 Å². The van der Waals surface area contributed by atoms with E-state index in [1.54, 1.807) is 32.2 Å². The minimum Gasteiger partial charge on any atom is -0.325 e. The highest BCUT2D eigenvalue weighted by Gasteiger charge is 2.54. The zero-order valence-electron chi connectivity index (χ0n) is 19.4. The molecule has 3 aliphatic rings. The van der Waals surface area contributed by atoms with Crippen molar-refractivity contribution in [2.45, 2.75) is 38.4 Å². The molecule has 0 radical (unpaired) electrons. The van der Waals surface area contributed by atoms with Crippen molar-refractivity contribution < 1.29 is 19.2 Å². The first-order chi connectivity index (χ1) is 17.1. The lowest BCUT2D eigenvalue weighted by molar-refractivity contribution is -0.126. The highest BCUT2D eigenvalue weighted by atomic mass is 35.5. The molecular weight excluding hydrogens is 488 g/mol. The number of imide groups is 1. The molecule has 3 heterocycles. The largest absolute Gasteiger partial charge is 0.330 e. The summed E-state index contributed by atoms with van der Waals surface area (Å²) in [5.41, 5.74) is 2.90. The summed E-state index contributed by atoms with van der Waals surface area (Å²) in [5, 5.41) is 8.26. The molecule has 2 aliphatic heterocycles. The number of fused-ring (bicyclic) bond motifs is 1. The maximum atomic E-state index is 13.1. The summed E-state index contributed by atoms with van der Waals surface area (Å²) in [6.45, 7) is 1.34. The van der Waals surface area contributed by atoms with E-state index in [-0.39, 0.29) is 24.9 Å². The Kier molecular flexibility index (Phi) is 4.62. The summed E-state index contributed by atoms with van der Waals surface area (Å²) in [4.78, 5) is 64.1. The Morgan fingerprint density at radius 3 is 2.58 bits per heavy atom. The van der Waals surface area contributed by atoms with E-state index in [1.807, 2.05) is 6.07 Å². The lowest BCUT2D eigenvalue weighted by atomic mass is 9.95. The Morgan fingerprint density at radius 2 is 1.86 bits per heavy atom. The van der Waals surface area contributed by atoms with E-state index in [1.165, 1.54) is 14.0 Å². The van der Waals surface area contributed by atoms with E-state index in [2.05, 4.69) is 16.0 Å². The number of aromatic nitrogens is 2. The number of imidazole rings is 1. The molecule has 0 bridgehead atoms. The van der Waals surface area contributed by atoms with Crippen LogP contribution in [0.3, 0.4) is 0 Å². The van der Waals surface area contributed by atoms with E-state index in [4.69, 9.17) is 11.6 Å². The van der Waals surface area contributed by atoms with E-state index in [0.717, 1.165) is 11.1 Å². The van der Waals surface area contributed by atoms with Gasteiger partial charge in [0, 0.05) is 25.6 Å². The van der Waals surface area contributed by atoms with Gasteiger partial charge in [0.15, 0.2) is 0 Å². The summed E-state index contributed by atoms with van der Waals surface area (Å²) < 4.78 is 2.64. The van der Waals surface area contributed by atoms with Crippen LogP contribution in [0.1, 0.15) is 16.7 Å². The van der Waals surface area contributed by atoms with Gasteiger partial charge in [-0.2, -0.15) is 0 Å². The number of urea groups is 1. The van der Waals surface area contributed by atoms with Crippen molar-refractivity contribution in [1.82, 2.24) is 19.4 Å². The number of nitrogens with zero attached hydrogens (tertiary/aromatic N) is 3. The van der Waals surface area contributed by atoms with Gasteiger partial charge in [-0.15, -0.1) is 0 Å². The van der Waals surface area contributed by atoms with E-state index >= 15 is 0 Å². The lowest BCUT2D eigenvalue weighted by Crippen LogP contribution is -2.48. The Labute approximate surface area is 209 Å². The number of benzene rings is 2. The molecule has 3 aromatic rings. The summed E-state index contributed by atoms with van der Waals surface area (Å²) in [6, 6.07) is 6.65. The van der Waals surface area contributed by atoms with Crippen molar-refractivity contribution in [3.63, 3.8) is 0 Å². The molecule has 3 N–H and O–H groups in total. The summed E-state index contributed by atoms with van der Waals surface area (Å²) in [6.07, 6.45) is 0.743.